The molecule has 1 atom stereocenters. The minimum atomic E-state index is -1.04. The normalized spacial score (nSPS) is 15.4. The molecule has 0 spiro atoms. The number of rotatable bonds is 5. The molecule has 2 rings (SSSR count). The fourth-order valence-electron chi connectivity index (χ4n) is 1.90. The van der Waals surface area contributed by atoms with Gasteiger partial charge in [-0.05, 0) is 37.3 Å². The fraction of sp³-hybridized carbons (Fsp3) is 0.429. The molecule has 0 bridgehead atoms. The molecule has 0 unspecified atom stereocenters. The molecular formula is C14H16F2N2O3. The Morgan fingerprint density at radius 1 is 1.29 bits per heavy atom. The third kappa shape index (κ3) is 4.49. The summed E-state index contributed by atoms with van der Waals surface area (Å²) in [4.78, 5) is 23.0. The van der Waals surface area contributed by atoms with E-state index < -0.39 is 29.6 Å². The Morgan fingerprint density at radius 3 is 2.62 bits per heavy atom. The summed E-state index contributed by atoms with van der Waals surface area (Å²) < 4.78 is 26.0. The average Bonchev–Trinajstić information content (AvgIpc) is 3.26. The summed E-state index contributed by atoms with van der Waals surface area (Å²) in [5.41, 5.74) is -0.269. The zero-order valence-electron chi connectivity index (χ0n) is 11.2. The summed E-state index contributed by atoms with van der Waals surface area (Å²) in [5, 5.41) is 14.0. The van der Waals surface area contributed by atoms with Crippen LogP contribution in [0.5, 0.6) is 0 Å². The van der Waals surface area contributed by atoms with Crippen LogP contribution in [0.1, 0.15) is 19.3 Å². The first-order valence-corrected chi connectivity index (χ1v) is 6.69. The number of hydrogen-bond acceptors (Lipinski definition) is 3. The first-order valence-electron chi connectivity index (χ1n) is 6.69. The molecule has 0 heterocycles. The Bertz CT molecular complexity index is 547. The summed E-state index contributed by atoms with van der Waals surface area (Å²) >= 11 is 0. The Balaban J connectivity index is 1.77. The number of carbonyl (C=O) groups excluding carboxylic acids is 2. The monoisotopic (exact) mass is 298 g/mol. The van der Waals surface area contributed by atoms with E-state index >= 15 is 0 Å². The van der Waals surface area contributed by atoms with Crippen molar-refractivity contribution in [2.45, 2.75) is 25.4 Å². The van der Waals surface area contributed by atoms with Gasteiger partial charge in [0.25, 0.3) is 0 Å². The molecule has 3 N–H and O–H groups in total. The Labute approximate surface area is 120 Å². The maximum absolute atomic E-state index is 13.3. The van der Waals surface area contributed by atoms with E-state index in [0.717, 1.165) is 25.0 Å². The average molecular weight is 298 g/mol. The second-order valence-electron chi connectivity index (χ2n) is 5.03. The number of hydrogen-bond donors (Lipinski definition) is 3. The van der Waals surface area contributed by atoms with Crippen LogP contribution in [0.2, 0.25) is 0 Å². The van der Waals surface area contributed by atoms with Crippen molar-refractivity contribution in [3.63, 3.8) is 0 Å². The molecule has 1 fully saturated rings. The van der Waals surface area contributed by atoms with E-state index in [9.17, 15) is 23.5 Å². The van der Waals surface area contributed by atoms with Crippen molar-refractivity contribution >= 4 is 17.5 Å². The summed E-state index contributed by atoms with van der Waals surface area (Å²) in [7, 11) is 0. The van der Waals surface area contributed by atoms with E-state index in [1.807, 2.05) is 0 Å². The van der Waals surface area contributed by atoms with Crippen LogP contribution in [-0.2, 0) is 9.59 Å². The van der Waals surface area contributed by atoms with Crippen molar-refractivity contribution in [3.8, 4) is 0 Å². The van der Waals surface area contributed by atoms with Crippen molar-refractivity contribution in [2.24, 2.45) is 5.92 Å². The topological polar surface area (TPSA) is 78.4 Å². The van der Waals surface area contributed by atoms with Crippen LogP contribution in [-0.4, -0.2) is 29.6 Å². The van der Waals surface area contributed by atoms with Gasteiger partial charge in [-0.25, -0.2) is 8.78 Å². The zero-order chi connectivity index (χ0) is 15.4. The molecule has 0 aliphatic heterocycles. The Morgan fingerprint density at radius 2 is 2.00 bits per heavy atom. The quantitative estimate of drug-likeness (QED) is 0.714. The van der Waals surface area contributed by atoms with Gasteiger partial charge in [-0.3, -0.25) is 9.59 Å². The third-order valence-corrected chi connectivity index (χ3v) is 3.28. The molecule has 1 saturated carbocycles. The van der Waals surface area contributed by atoms with Crippen LogP contribution in [0.4, 0.5) is 14.5 Å². The lowest BCUT2D eigenvalue weighted by molar-refractivity contribution is -0.136. The van der Waals surface area contributed by atoms with Gasteiger partial charge in [-0.1, -0.05) is 0 Å². The molecule has 7 heteroatoms. The van der Waals surface area contributed by atoms with Crippen LogP contribution in [0, 0.1) is 17.6 Å². The lowest BCUT2D eigenvalue weighted by atomic mass is 10.2. The molecule has 21 heavy (non-hydrogen) atoms. The van der Waals surface area contributed by atoms with Crippen molar-refractivity contribution in [3.05, 3.63) is 29.8 Å². The van der Waals surface area contributed by atoms with E-state index in [4.69, 9.17) is 0 Å². The lowest BCUT2D eigenvalue weighted by Crippen LogP contribution is -2.37. The van der Waals surface area contributed by atoms with Gasteiger partial charge in [0.2, 0.25) is 0 Å². The summed E-state index contributed by atoms with van der Waals surface area (Å²) in [5.74, 6) is -3.41. The van der Waals surface area contributed by atoms with Crippen LogP contribution in [0.3, 0.4) is 0 Å². The molecule has 114 valence electrons. The van der Waals surface area contributed by atoms with Gasteiger partial charge in [0, 0.05) is 12.6 Å². The number of nitrogens with one attached hydrogen (secondary N) is 2. The van der Waals surface area contributed by atoms with Gasteiger partial charge >= 0.3 is 11.8 Å². The molecule has 5 nitrogen and oxygen atoms in total. The molecule has 0 radical (unpaired) electrons. The number of aliphatic hydroxyl groups is 1. The van der Waals surface area contributed by atoms with Crippen LogP contribution < -0.4 is 10.6 Å². The molecule has 1 aliphatic rings. The van der Waals surface area contributed by atoms with Gasteiger partial charge in [0.1, 0.15) is 11.6 Å². The maximum atomic E-state index is 13.3. The van der Waals surface area contributed by atoms with Crippen molar-refractivity contribution in [2.75, 3.05) is 11.9 Å². The van der Waals surface area contributed by atoms with E-state index in [-0.39, 0.29) is 12.2 Å². The second-order valence-corrected chi connectivity index (χ2v) is 5.03. The second kappa shape index (κ2) is 6.62. The number of anilines is 1. The van der Waals surface area contributed by atoms with E-state index in [1.54, 1.807) is 0 Å². The predicted octanol–water partition coefficient (Wildman–Crippen LogP) is 1.18. The number of aliphatic hydroxyl groups excluding tert-OH is 1. The molecular weight excluding hydrogens is 282 g/mol. The lowest BCUT2D eigenvalue weighted by Gasteiger charge is -2.10. The molecule has 1 aromatic rings. The van der Waals surface area contributed by atoms with E-state index in [0.29, 0.717) is 18.4 Å². The fourth-order valence-corrected chi connectivity index (χ4v) is 1.90. The Kier molecular flexibility index (Phi) is 4.85. The third-order valence-electron chi connectivity index (χ3n) is 3.28. The van der Waals surface area contributed by atoms with Gasteiger partial charge in [0.05, 0.1) is 11.8 Å². The highest BCUT2D eigenvalue weighted by molar-refractivity contribution is 6.39. The minimum absolute atomic E-state index is 0.163. The number of benzene rings is 1. The summed E-state index contributed by atoms with van der Waals surface area (Å²) in [6, 6.07) is 2.62. The van der Waals surface area contributed by atoms with Gasteiger partial charge < -0.3 is 15.7 Å². The first kappa shape index (κ1) is 15.4. The zero-order valence-corrected chi connectivity index (χ0v) is 11.2. The number of amides is 2. The summed E-state index contributed by atoms with van der Waals surface area (Å²) in [6.07, 6.45) is 1.87. The summed E-state index contributed by atoms with van der Waals surface area (Å²) in [6.45, 7) is 0.163. The number of carbonyl (C=O) groups is 2. The molecule has 1 aromatic carbocycles. The minimum Gasteiger partial charge on any atom is -0.393 e. The van der Waals surface area contributed by atoms with Crippen LogP contribution >= 0.6 is 0 Å². The highest BCUT2D eigenvalue weighted by Crippen LogP contribution is 2.33. The van der Waals surface area contributed by atoms with Crippen molar-refractivity contribution < 1.29 is 23.5 Å². The van der Waals surface area contributed by atoms with Crippen LogP contribution in [0.25, 0.3) is 0 Å². The smallest absolute Gasteiger partial charge is 0.313 e. The maximum Gasteiger partial charge on any atom is 0.313 e. The Hall–Kier alpha value is -2.02. The van der Waals surface area contributed by atoms with Gasteiger partial charge in [0.15, 0.2) is 0 Å². The standard InChI is InChI=1S/C14H16F2N2O3/c15-9-3-4-11(10(16)7-9)18-14(21)13(20)17-6-5-12(19)8-1-2-8/h3-4,7-8,12,19H,1-2,5-6H2,(H,17,20)(H,18,21)/t12-/m0/s1. The molecule has 1 aliphatic carbocycles. The van der Waals surface area contributed by atoms with E-state index in [2.05, 4.69) is 10.6 Å². The number of halogens is 2. The molecule has 2 amide bonds. The van der Waals surface area contributed by atoms with Crippen molar-refractivity contribution in [1.82, 2.24) is 5.32 Å². The van der Waals surface area contributed by atoms with Crippen molar-refractivity contribution in [1.29, 1.82) is 0 Å². The molecule has 0 aromatic heterocycles. The molecule has 0 saturated heterocycles. The van der Waals surface area contributed by atoms with Gasteiger partial charge in [-0.15, -0.1) is 0 Å². The largest absolute Gasteiger partial charge is 0.393 e. The van der Waals surface area contributed by atoms with Crippen LogP contribution in [0.15, 0.2) is 18.2 Å². The predicted molar refractivity (Wildman–Crippen MR) is 71.3 cm³/mol. The highest BCUT2D eigenvalue weighted by Gasteiger charge is 2.29. The first-order chi connectivity index (χ1) is 9.97. The van der Waals surface area contributed by atoms with Gasteiger partial charge in [-0.2, -0.15) is 0 Å². The highest BCUT2D eigenvalue weighted by atomic mass is 19.1. The van der Waals surface area contributed by atoms with E-state index in [1.165, 1.54) is 0 Å². The SMILES string of the molecule is O=C(NCC[C@H](O)C1CC1)C(=O)Nc1ccc(F)cc1F.